The summed E-state index contributed by atoms with van der Waals surface area (Å²) in [6.07, 6.45) is 3.55. The first-order valence-corrected chi connectivity index (χ1v) is 8.33. The first-order valence-electron chi connectivity index (χ1n) is 8.33. The molecule has 2 amide bonds. The second kappa shape index (κ2) is 7.93. The van der Waals surface area contributed by atoms with Crippen molar-refractivity contribution >= 4 is 6.03 Å². The van der Waals surface area contributed by atoms with Crippen LogP contribution in [0.25, 0.3) is 0 Å². The second-order valence-corrected chi connectivity index (χ2v) is 6.12. The van der Waals surface area contributed by atoms with E-state index in [1.165, 1.54) is 5.56 Å². The Morgan fingerprint density at radius 1 is 1.04 bits per heavy atom. The minimum absolute atomic E-state index is 0.0537. The molecule has 0 saturated carbocycles. The number of carbonyl (C=O) groups is 1. The van der Waals surface area contributed by atoms with Crippen LogP contribution in [0.1, 0.15) is 24.1 Å². The van der Waals surface area contributed by atoms with Crippen LogP contribution < -0.4 is 10.6 Å². The molecule has 2 heterocycles. The number of nitrogens with zero attached hydrogens (tertiary/aromatic N) is 1. The Balaban J connectivity index is 1.58. The lowest BCUT2D eigenvalue weighted by Gasteiger charge is -2.38. The van der Waals surface area contributed by atoms with Gasteiger partial charge in [0.1, 0.15) is 0 Å². The van der Waals surface area contributed by atoms with Crippen LogP contribution >= 0.6 is 0 Å². The standard InChI is InChI=1S/C19H23N3O2/c23-18(21-14-17-8-4-5-11-20-17)22-15-19(9-12-24-13-10-19)16-6-2-1-3-7-16/h1-8,11H,9-10,12-15H2,(H2,21,22,23). The van der Waals surface area contributed by atoms with Gasteiger partial charge in [0.2, 0.25) is 0 Å². The molecule has 2 N–H and O–H groups in total. The number of aromatic nitrogens is 1. The van der Waals surface area contributed by atoms with E-state index in [9.17, 15) is 4.79 Å². The van der Waals surface area contributed by atoms with Crippen molar-refractivity contribution in [3.63, 3.8) is 0 Å². The fourth-order valence-corrected chi connectivity index (χ4v) is 3.11. The topological polar surface area (TPSA) is 63.2 Å². The van der Waals surface area contributed by atoms with E-state index in [2.05, 4.69) is 27.8 Å². The van der Waals surface area contributed by atoms with E-state index >= 15 is 0 Å². The Hall–Kier alpha value is -2.40. The summed E-state index contributed by atoms with van der Waals surface area (Å²) in [6, 6.07) is 15.9. The number of nitrogens with one attached hydrogen (secondary N) is 2. The van der Waals surface area contributed by atoms with Crippen molar-refractivity contribution in [1.82, 2.24) is 15.6 Å². The summed E-state index contributed by atoms with van der Waals surface area (Å²) in [5.74, 6) is 0. The molecule has 1 saturated heterocycles. The van der Waals surface area contributed by atoms with E-state index < -0.39 is 0 Å². The molecule has 1 aliphatic heterocycles. The molecule has 5 nitrogen and oxygen atoms in total. The van der Waals surface area contributed by atoms with Gasteiger partial charge in [0, 0.05) is 31.4 Å². The Bertz CT molecular complexity index is 640. The predicted octanol–water partition coefficient (Wildman–Crippen LogP) is 2.63. The molecule has 0 spiro atoms. The first kappa shape index (κ1) is 16.5. The minimum Gasteiger partial charge on any atom is -0.381 e. The summed E-state index contributed by atoms with van der Waals surface area (Å²) in [5, 5.41) is 5.89. The zero-order chi connectivity index (χ0) is 16.7. The summed E-state index contributed by atoms with van der Waals surface area (Å²) < 4.78 is 5.52. The molecule has 0 atom stereocenters. The molecule has 1 aromatic heterocycles. The van der Waals surface area contributed by atoms with Crippen molar-refractivity contribution in [3.8, 4) is 0 Å². The van der Waals surface area contributed by atoms with Gasteiger partial charge >= 0.3 is 6.03 Å². The van der Waals surface area contributed by atoms with Crippen molar-refractivity contribution in [2.24, 2.45) is 0 Å². The largest absolute Gasteiger partial charge is 0.381 e. The van der Waals surface area contributed by atoms with E-state index in [1.54, 1.807) is 6.20 Å². The van der Waals surface area contributed by atoms with Crippen molar-refractivity contribution in [3.05, 3.63) is 66.0 Å². The van der Waals surface area contributed by atoms with Gasteiger partial charge in [-0.25, -0.2) is 4.79 Å². The van der Waals surface area contributed by atoms with Crippen LogP contribution in [0.4, 0.5) is 4.79 Å². The van der Waals surface area contributed by atoms with Gasteiger partial charge < -0.3 is 15.4 Å². The van der Waals surface area contributed by atoms with Crippen molar-refractivity contribution in [2.45, 2.75) is 24.8 Å². The van der Waals surface area contributed by atoms with Gasteiger partial charge in [-0.15, -0.1) is 0 Å². The van der Waals surface area contributed by atoms with E-state index in [-0.39, 0.29) is 11.4 Å². The lowest BCUT2D eigenvalue weighted by atomic mass is 9.74. The summed E-state index contributed by atoms with van der Waals surface area (Å²) in [5.41, 5.74) is 2.05. The normalized spacial score (nSPS) is 16.3. The van der Waals surface area contributed by atoms with Gasteiger partial charge in [0.25, 0.3) is 0 Å². The number of pyridine rings is 1. The van der Waals surface area contributed by atoms with E-state index in [0.717, 1.165) is 31.7 Å². The number of hydrogen-bond acceptors (Lipinski definition) is 3. The third kappa shape index (κ3) is 4.11. The molecule has 24 heavy (non-hydrogen) atoms. The monoisotopic (exact) mass is 325 g/mol. The third-order valence-electron chi connectivity index (χ3n) is 4.58. The van der Waals surface area contributed by atoms with Crippen molar-refractivity contribution in [1.29, 1.82) is 0 Å². The Labute approximate surface area is 142 Å². The second-order valence-electron chi connectivity index (χ2n) is 6.12. The van der Waals surface area contributed by atoms with Gasteiger partial charge in [-0.2, -0.15) is 0 Å². The molecule has 1 aliphatic rings. The van der Waals surface area contributed by atoms with Crippen molar-refractivity contribution < 1.29 is 9.53 Å². The van der Waals surface area contributed by atoms with Crippen LogP contribution in [0.15, 0.2) is 54.7 Å². The number of urea groups is 1. The maximum Gasteiger partial charge on any atom is 0.315 e. The zero-order valence-electron chi connectivity index (χ0n) is 13.7. The van der Waals surface area contributed by atoms with Crippen LogP contribution in [-0.4, -0.2) is 30.8 Å². The summed E-state index contributed by atoms with van der Waals surface area (Å²) in [7, 11) is 0. The van der Waals surface area contributed by atoms with Crippen LogP contribution in [0.3, 0.4) is 0 Å². The quantitative estimate of drug-likeness (QED) is 0.888. The van der Waals surface area contributed by atoms with Crippen LogP contribution in [0.2, 0.25) is 0 Å². The highest BCUT2D eigenvalue weighted by atomic mass is 16.5. The smallest absolute Gasteiger partial charge is 0.315 e. The third-order valence-corrected chi connectivity index (χ3v) is 4.58. The molecule has 0 radical (unpaired) electrons. The van der Waals surface area contributed by atoms with Crippen LogP contribution in [-0.2, 0) is 16.7 Å². The minimum atomic E-state index is -0.164. The highest BCUT2D eigenvalue weighted by Gasteiger charge is 2.34. The van der Waals surface area contributed by atoms with E-state index in [4.69, 9.17) is 4.74 Å². The molecule has 5 heteroatoms. The number of ether oxygens (including phenoxy) is 1. The fraction of sp³-hybridized carbons (Fsp3) is 0.368. The molecule has 126 valence electrons. The fourth-order valence-electron chi connectivity index (χ4n) is 3.11. The SMILES string of the molecule is O=C(NCc1ccccn1)NCC1(c2ccccc2)CCOCC1. The molecule has 3 rings (SSSR count). The summed E-state index contributed by atoms with van der Waals surface area (Å²) in [6.45, 7) is 2.49. The highest BCUT2D eigenvalue weighted by Crippen LogP contribution is 2.34. The molecule has 0 bridgehead atoms. The number of amides is 2. The first-order chi connectivity index (χ1) is 11.8. The van der Waals surface area contributed by atoms with Crippen LogP contribution in [0.5, 0.6) is 0 Å². The maximum absolute atomic E-state index is 12.2. The number of hydrogen-bond donors (Lipinski definition) is 2. The average molecular weight is 325 g/mol. The highest BCUT2D eigenvalue weighted by molar-refractivity contribution is 5.73. The summed E-state index contributed by atoms with van der Waals surface area (Å²) >= 11 is 0. The molecule has 2 aromatic rings. The molecule has 0 aliphatic carbocycles. The van der Waals surface area contributed by atoms with Gasteiger partial charge in [-0.3, -0.25) is 4.98 Å². The molecule has 0 unspecified atom stereocenters. The number of benzene rings is 1. The van der Waals surface area contributed by atoms with Gasteiger partial charge in [0.05, 0.1) is 12.2 Å². The number of rotatable bonds is 5. The van der Waals surface area contributed by atoms with E-state index in [0.29, 0.717) is 13.1 Å². The molecular weight excluding hydrogens is 302 g/mol. The van der Waals surface area contributed by atoms with Gasteiger partial charge in [0.15, 0.2) is 0 Å². The molecule has 1 aromatic carbocycles. The Morgan fingerprint density at radius 3 is 2.50 bits per heavy atom. The Morgan fingerprint density at radius 2 is 1.79 bits per heavy atom. The predicted molar refractivity (Wildman–Crippen MR) is 92.6 cm³/mol. The van der Waals surface area contributed by atoms with Gasteiger partial charge in [-0.05, 0) is 30.5 Å². The average Bonchev–Trinajstić information content (AvgIpc) is 2.67. The van der Waals surface area contributed by atoms with Gasteiger partial charge in [-0.1, -0.05) is 36.4 Å². The number of carbonyl (C=O) groups excluding carboxylic acids is 1. The zero-order valence-corrected chi connectivity index (χ0v) is 13.7. The lowest BCUT2D eigenvalue weighted by Crippen LogP contribution is -2.47. The lowest BCUT2D eigenvalue weighted by molar-refractivity contribution is 0.0507. The summed E-state index contributed by atoms with van der Waals surface area (Å²) in [4.78, 5) is 16.4. The van der Waals surface area contributed by atoms with Crippen LogP contribution in [0, 0.1) is 0 Å². The Kier molecular flexibility index (Phi) is 5.43. The van der Waals surface area contributed by atoms with Crippen molar-refractivity contribution in [2.75, 3.05) is 19.8 Å². The van der Waals surface area contributed by atoms with E-state index in [1.807, 2.05) is 36.4 Å². The molecule has 1 fully saturated rings. The maximum atomic E-state index is 12.2. The molecular formula is C19H23N3O2.